The number of carbonyl (C=O) groups is 1. The number of hydrogen-bond donors (Lipinski definition) is 2. The maximum Gasteiger partial charge on any atom is 0.408 e. The third-order valence-electron chi connectivity index (χ3n) is 3.33. The van der Waals surface area contributed by atoms with Crippen LogP contribution >= 0.6 is 11.6 Å². The first-order valence-corrected chi connectivity index (χ1v) is 6.62. The molecule has 0 aliphatic carbocycles. The Hall–Kier alpha value is -1.61. The first-order chi connectivity index (χ1) is 10.2. The van der Waals surface area contributed by atoms with E-state index in [0.29, 0.717) is 0 Å². The molecule has 1 amide bonds. The van der Waals surface area contributed by atoms with Crippen LogP contribution in [-0.2, 0) is 0 Å². The summed E-state index contributed by atoms with van der Waals surface area (Å²) in [5, 5.41) is 10.5. The van der Waals surface area contributed by atoms with Gasteiger partial charge >= 0.3 is 12.3 Å². The molecule has 1 aliphatic heterocycles. The number of nitrogens with zero attached hydrogens (tertiary/aromatic N) is 2. The summed E-state index contributed by atoms with van der Waals surface area (Å²) >= 11 is 5.55. The van der Waals surface area contributed by atoms with E-state index >= 15 is 0 Å². The zero-order valence-corrected chi connectivity index (χ0v) is 11.8. The third kappa shape index (κ3) is 3.77. The average molecular weight is 342 g/mol. The fourth-order valence-electron chi connectivity index (χ4n) is 2.45. The van der Waals surface area contributed by atoms with Gasteiger partial charge in [0.15, 0.2) is 0 Å². The lowest BCUT2D eigenvalue weighted by Crippen LogP contribution is -2.42. The minimum atomic E-state index is -4.66. The van der Waals surface area contributed by atoms with Crippen LogP contribution in [0, 0.1) is 0 Å². The van der Waals surface area contributed by atoms with Gasteiger partial charge in [0.05, 0.1) is 6.04 Å². The molecule has 1 aromatic heterocycles. The molecule has 0 radical (unpaired) electrons. The van der Waals surface area contributed by atoms with Gasteiger partial charge in [-0.05, 0) is 11.6 Å². The Labute approximate surface area is 127 Å². The van der Waals surface area contributed by atoms with Crippen molar-refractivity contribution in [2.45, 2.75) is 24.4 Å². The number of aromatic nitrogens is 1. The van der Waals surface area contributed by atoms with Crippen LogP contribution in [0.3, 0.4) is 0 Å². The fraction of sp³-hybridized carbons (Fsp3) is 0.500. The summed E-state index contributed by atoms with van der Waals surface area (Å²) in [5.74, 6) is 0. The van der Waals surface area contributed by atoms with E-state index in [1.54, 1.807) is 0 Å². The van der Waals surface area contributed by atoms with Crippen LogP contribution in [0.25, 0.3) is 0 Å². The SMILES string of the molecule is O=C(O)N[C@@H]1CN([C@H](c2ccc(Cl)nc2)C(F)(F)F)CC1F. The number of pyridine rings is 1. The summed E-state index contributed by atoms with van der Waals surface area (Å²) in [7, 11) is 0. The molecule has 2 heterocycles. The molecule has 3 atom stereocenters. The highest BCUT2D eigenvalue weighted by Crippen LogP contribution is 2.39. The van der Waals surface area contributed by atoms with Gasteiger partial charge in [-0.2, -0.15) is 13.2 Å². The fourth-order valence-corrected chi connectivity index (χ4v) is 2.57. The van der Waals surface area contributed by atoms with Gasteiger partial charge in [-0.15, -0.1) is 0 Å². The van der Waals surface area contributed by atoms with Gasteiger partial charge in [0.25, 0.3) is 0 Å². The Kier molecular flexibility index (Phi) is 4.76. The number of nitrogens with one attached hydrogen (secondary N) is 1. The van der Waals surface area contributed by atoms with Gasteiger partial charge in [-0.1, -0.05) is 17.7 Å². The first-order valence-electron chi connectivity index (χ1n) is 6.24. The molecule has 5 nitrogen and oxygen atoms in total. The van der Waals surface area contributed by atoms with Crippen LogP contribution in [0.2, 0.25) is 5.15 Å². The Balaban J connectivity index is 2.24. The van der Waals surface area contributed by atoms with Crippen molar-refractivity contribution < 1.29 is 27.5 Å². The molecule has 22 heavy (non-hydrogen) atoms. The van der Waals surface area contributed by atoms with E-state index < -0.39 is 37.1 Å². The number of hydrogen-bond acceptors (Lipinski definition) is 3. The van der Waals surface area contributed by atoms with Crippen LogP contribution in [0.15, 0.2) is 18.3 Å². The van der Waals surface area contributed by atoms with Gasteiger partial charge < -0.3 is 10.4 Å². The van der Waals surface area contributed by atoms with Crippen molar-refractivity contribution in [1.29, 1.82) is 0 Å². The average Bonchev–Trinajstić information content (AvgIpc) is 2.70. The van der Waals surface area contributed by atoms with E-state index in [-0.39, 0.29) is 17.3 Å². The summed E-state index contributed by atoms with van der Waals surface area (Å²) in [4.78, 5) is 15.0. The largest absolute Gasteiger partial charge is 0.465 e. The van der Waals surface area contributed by atoms with E-state index in [1.807, 2.05) is 5.32 Å². The summed E-state index contributed by atoms with van der Waals surface area (Å²) < 4.78 is 53.7. The predicted octanol–water partition coefficient (Wildman–Crippen LogP) is 2.63. The minimum absolute atomic E-state index is 0.0416. The predicted molar refractivity (Wildman–Crippen MR) is 69.5 cm³/mol. The lowest BCUT2D eigenvalue weighted by Gasteiger charge is -2.29. The monoisotopic (exact) mass is 341 g/mol. The quantitative estimate of drug-likeness (QED) is 0.655. The summed E-state index contributed by atoms with van der Waals surface area (Å²) in [6.07, 6.45) is -6.88. The second kappa shape index (κ2) is 6.25. The zero-order chi connectivity index (χ0) is 16.5. The lowest BCUT2D eigenvalue weighted by molar-refractivity contribution is -0.184. The van der Waals surface area contributed by atoms with Crippen molar-refractivity contribution in [3.05, 3.63) is 29.0 Å². The second-order valence-electron chi connectivity index (χ2n) is 4.88. The minimum Gasteiger partial charge on any atom is -0.465 e. The standard InChI is InChI=1S/C12H12ClF4N3O2/c13-9-2-1-6(3-18-9)10(12(15,16)17)20-4-7(14)8(5-20)19-11(21)22/h1-3,7-8,10,19H,4-5H2,(H,21,22)/t7?,8-,10-/m1/s1. The number of carboxylic acid groups (broad SMARTS) is 1. The van der Waals surface area contributed by atoms with Gasteiger partial charge in [-0.3, -0.25) is 4.90 Å². The molecule has 0 bridgehead atoms. The van der Waals surface area contributed by atoms with E-state index in [2.05, 4.69) is 4.98 Å². The summed E-state index contributed by atoms with van der Waals surface area (Å²) in [6.45, 7) is -0.919. The third-order valence-corrected chi connectivity index (χ3v) is 3.55. The molecule has 1 saturated heterocycles. The van der Waals surface area contributed by atoms with Gasteiger partial charge in [0.1, 0.15) is 17.4 Å². The van der Waals surface area contributed by atoms with Crippen molar-refractivity contribution in [3.8, 4) is 0 Å². The molecule has 10 heteroatoms. The van der Waals surface area contributed by atoms with Crippen LogP contribution in [0.1, 0.15) is 11.6 Å². The molecule has 1 aromatic rings. The molecule has 0 aromatic carbocycles. The molecule has 0 saturated carbocycles. The van der Waals surface area contributed by atoms with Crippen molar-refractivity contribution in [3.63, 3.8) is 0 Å². The van der Waals surface area contributed by atoms with Gasteiger partial charge in [0.2, 0.25) is 0 Å². The highest BCUT2D eigenvalue weighted by molar-refractivity contribution is 6.29. The zero-order valence-electron chi connectivity index (χ0n) is 11.0. The lowest BCUT2D eigenvalue weighted by atomic mass is 10.1. The first kappa shape index (κ1) is 16.8. The van der Waals surface area contributed by atoms with Crippen LogP contribution in [0.4, 0.5) is 22.4 Å². The molecule has 122 valence electrons. The molecule has 2 rings (SSSR count). The van der Waals surface area contributed by atoms with Crippen LogP contribution in [-0.4, -0.2) is 52.6 Å². The Morgan fingerprint density at radius 2 is 2.14 bits per heavy atom. The number of likely N-dealkylation sites (tertiary alicyclic amines) is 1. The van der Waals surface area contributed by atoms with Crippen LogP contribution in [0.5, 0.6) is 0 Å². The Bertz CT molecular complexity index is 540. The number of halogens is 5. The Morgan fingerprint density at radius 1 is 1.45 bits per heavy atom. The molecular formula is C12H12ClF4N3O2. The van der Waals surface area contributed by atoms with Gasteiger partial charge in [-0.25, -0.2) is 14.2 Å². The summed E-state index contributed by atoms with van der Waals surface area (Å²) in [5.41, 5.74) is -0.180. The van der Waals surface area contributed by atoms with Crippen molar-refractivity contribution in [2.24, 2.45) is 0 Å². The topological polar surface area (TPSA) is 65.5 Å². The van der Waals surface area contributed by atoms with E-state index in [4.69, 9.17) is 16.7 Å². The molecule has 1 unspecified atom stereocenters. The number of alkyl halides is 4. The van der Waals surface area contributed by atoms with E-state index in [1.165, 1.54) is 12.1 Å². The van der Waals surface area contributed by atoms with Crippen LogP contribution < -0.4 is 5.32 Å². The normalized spacial score (nSPS) is 24.2. The van der Waals surface area contributed by atoms with Crippen molar-refractivity contribution in [2.75, 3.05) is 13.1 Å². The highest BCUT2D eigenvalue weighted by Gasteiger charge is 2.49. The maximum atomic E-state index is 13.8. The Morgan fingerprint density at radius 3 is 2.64 bits per heavy atom. The molecular weight excluding hydrogens is 330 g/mol. The molecule has 1 aliphatic rings. The summed E-state index contributed by atoms with van der Waals surface area (Å²) in [6, 6.07) is -0.900. The van der Waals surface area contributed by atoms with E-state index in [0.717, 1.165) is 11.1 Å². The van der Waals surface area contributed by atoms with Gasteiger partial charge in [0, 0.05) is 19.3 Å². The number of rotatable bonds is 3. The molecule has 1 fully saturated rings. The molecule has 0 spiro atoms. The smallest absolute Gasteiger partial charge is 0.408 e. The number of amides is 1. The maximum absolute atomic E-state index is 13.8. The highest BCUT2D eigenvalue weighted by atomic mass is 35.5. The second-order valence-corrected chi connectivity index (χ2v) is 5.27. The van der Waals surface area contributed by atoms with Crippen molar-refractivity contribution in [1.82, 2.24) is 15.2 Å². The van der Waals surface area contributed by atoms with E-state index in [9.17, 15) is 22.4 Å². The molecule has 2 N–H and O–H groups in total. The van der Waals surface area contributed by atoms with Crippen molar-refractivity contribution >= 4 is 17.7 Å².